The summed E-state index contributed by atoms with van der Waals surface area (Å²) < 4.78 is 0. The molecule has 0 aromatic rings. The third-order valence-corrected chi connectivity index (χ3v) is 3.51. The Morgan fingerprint density at radius 2 is 1.65 bits per heavy atom. The highest BCUT2D eigenvalue weighted by atomic mass is 16.4. The van der Waals surface area contributed by atoms with Gasteiger partial charge in [0.25, 0.3) is 0 Å². The van der Waals surface area contributed by atoms with E-state index < -0.39 is 5.97 Å². The van der Waals surface area contributed by atoms with E-state index in [9.17, 15) is 9.59 Å². The number of amides is 1. The van der Waals surface area contributed by atoms with Crippen LogP contribution in [0.15, 0.2) is 0 Å². The molecule has 17 heavy (non-hydrogen) atoms. The minimum absolute atomic E-state index is 0.165. The summed E-state index contributed by atoms with van der Waals surface area (Å²) >= 11 is 0. The van der Waals surface area contributed by atoms with Crippen molar-refractivity contribution in [2.45, 2.75) is 70.9 Å². The summed E-state index contributed by atoms with van der Waals surface area (Å²) in [6.45, 7) is 4.20. The van der Waals surface area contributed by atoms with Crippen molar-refractivity contribution in [1.82, 2.24) is 4.90 Å². The average molecular weight is 241 g/mol. The van der Waals surface area contributed by atoms with E-state index in [-0.39, 0.29) is 12.3 Å². The number of piperidine rings is 1. The summed E-state index contributed by atoms with van der Waals surface area (Å²) in [5, 5.41) is 8.52. The first-order chi connectivity index (χ1) is 8.02. The van der Waals surface area contributed by atoms with Crippen LogP contribution in [0.25, 0.3) is 0 Å². The number of unbranched alkanes of at least 4 members (excludes halogenated alkanes) is 1. The van der Waals surface area contributed by atoms with Gasteiger partial charge in [-0.1, -0.05) is 0 Å². The normalized spacial score (nSPS) is 24.7. The van der Waals surface area contributed by atoms with Gasteiger partial charge < -0.3 is 10.0 Å². The van der Waals surface area contributed by atoms with Crippen LogP contribution in [0.2, 0.25) is 0 Å². The molecule has 0 aromatic carbocycles. The van der Waals surface area contributed by atoms with Crippen molar-refractivity contribution >= 4 is 11.9 Å². The van der Waals surface area contributed by atoms with Crippen molar-refractivity contribution < 1.29 is 14.7 Å². The molecule has 4 nitrogen and oxygen atoms in total. The number of likely N-dealkylation sites (tertiary alicyclic amines) is 1. The summed E-state index contributed by atoms with van der Waals surface area (Å²) in [6.07, 6.45) is 5.31. The summed E-state index contributed by atoms with van der Waals surface area (Å²) in [5.74, 6) is -0.591. The van der Waals surface area contributed by atoms with Crippen LogP contribution in [0.3, 0.4) is 0 Å². The molecule has 1 aliphatic rings. The van der Waals surface area contributed by atoms with Crippen molar-refractivity contribution in [2.24, 2.45) is 0 Å². The molecule has 0 spiro atoms. The van der Waals surface area contributed by atoms with Gasteiger partial charge in [0.05, 0.1) is 0 Å². The largest absolute Gasteiger partial charge is 0.481 e. The van der Waals surface area contributed by atoms with E-state index in [0.717, 1.165) is 12.8 Å². The quantitative estimate of drug-likeness (QED) is 0.752. The molecule has 2 unspecified atom stereocenters. The standard InChI is InChI=1S/C13H23NO3/c1-10-6-5-7-11(2)14(10)12(15)8-3-4-9-13(16)17/h10-11H,3-9H2,1-2H3,(H,16,17). The first-order valence-corrected chi connectivity index (χ1v) is 6.55. The van der Waals surface area contributed by atoms with Crippen molar-refractivity contribution in [2.75, 3.05) is 0 Å². The lowest BCUT2D eigenvalue weighted by atomic mass is 9.96. The van der Waals surface area contributed by atoms with Gasteiger partial charge in [-0.15, -0.1) is 0 Å². The Labute approximate surface area is 103 Å². The van der Waals surface area contributed by atoms with Crippen LogP contribution in [0.1, 0.15) is 58.8 Å². The Bertz CT molecular complexity index is 268. The molecule has 1 amide bonds. The molecule has 0 saturated carbocycles. The van der Waals surface area contributed by atoms with E-state index >= 15 is 0 Å². The number of hydrogen-bond acceptors (Lipinski definition) is 2. The molecule has 4 heteroatoms. The molecular weight excluding hydrogens is 218 g/mol. The maximum absolute atomic E-state index is 12.0. The van der Waals surface area contributed by atoms with Gasteiger partial charge in [-0.05, 0) is 46.0 Å². The van der Waals surface area contributed by atoms with Gasteiger partial charge >= 0.3 is 5.97 Å². The summed E-state index contributed by atoms with van der Waals surface area (Å²) in [5.41, 5.74) is 0. The highest BCUT2D eigenvalue weighted by molar-refractivity contribution is 5.77. The molecule has 1 saturated heterocycles. The molecule has 1 aliphatic heterocycles. The van der Waals surface area contributed by atoms with E-state index in [1.54, 1.807) is 0 Å². The number of carbonyl (C=O) groups is 2. The zero-order chi connectivity index (χ0) is 12.8. The van der Waals surface area contributed by atoms with Crippen LogP contribution in [-0.4, -0.2) is 34.0 Å². The van der Waals surface area contributed by atoms with E-state index in [2.05, 4.69) is 13.8 Å². The molecule has 1 heterocycles. The molecule has 1 fully saturated rings. The van der Waals surface area contributed by atoms with Gasteiger partial charge in [0.1, 0.15) is 0 Å². The molecule has 2 atom stereocenters. The van der Waals surface area contributed by atoms with Crippen LogP contribution < -0.4 is 0 Å². The van der Waals surface area contributed by atoms with E-state index in [1.165, 1.54) is 6.42 Å². The highest BCUT2D eigenvalue weighted by Gasteiger charge is 2.28. The molecule has 1 N–H and O–H groups in total. The predicted octanol–water partition coefficient (Wildman–Crippen LogP) is 2.42. The van der Waals surface area contributed by atoms with Crippen molar-refractivity contribution in [3.8, 4) is 0 Å². The third kappa shape index (κ3) is 4.36. The Kier molecular flexibility index (Phi) is 5.45. The van der Waals surface area contributed by atoms with E-state index in [4.69, 9.17) is 5.11 Å². The number of rotatable bonds is 5. The lowest BCUT2D eigenvalue weighted by Crippen LogP contribution is -2.47. The lowest BCUT2D eigenvalue weighted by Gasteiger charge is -2.39. The Hall–Kier alpha value is -1.06. The van der Waals surface area contributed by atoms with Crippen molar-refractivity contribution in [1.29, 1.82) is 0 Å². The molecule has 0 aromatic heterocycles. The van der Waals surface area contributed by atoms with Gasteiger partial charge in [0.15, 0.2) is 0 Å². The average Bonchev–Trinajstić information content (AvgIpc) is 2.24. The smallest absolute Gasteiger partial charge is 0.303 e. The summed E-state index contributed by atoms with van der Waals surface area (Å²) in [6, 6.07) is 0.677. The zero-order valence-corrected chi connectivity index (χ0v) is 10.8. The highest BCUT2D eigenvalue weighted by Crippen LogP contribution is 2.23. The minimum atomic E-state index is -0.780. The molecule has 1 rings (SSSR count). The van der Waals surface area contributed by atoms with Crippen LogP contribution in [0, 0.1) is 0 Å². The van der Waals surface area contributed by atoms with Gasteiger partial charge in [0, 0.05) is 24.9 Å². The lowest BCUT2D eigenvalue weighted by molar-refractivity contribution is -0.139. The second-order valence-electron chi connectivity index (χ2n) is 5.03. The number of carboxylic acid groups (broad SMARTS) is 1. The first-order valence-electron chi connectivity index (χ1n) is 6.55. The Morgan fingerprint density at radius 3 is 2.18 bits per heavy atom. The van der Waals surface area contributed by atoms with Crippen LogP contribution in [0.4, 0.5) is 0 Å². The zero-order valence-electron chi connectivity index (χ0n) is 10.8. The van der Waals surface area contributed by atoms with Gasteiger partial charge in [-0.2, -0.15) is 0 Å². The topological polar surface area (TPSA) is 57.6 Å². The fourth-order valence-electron chi connectivity index (χ4n) is 2.59. The van der Waals surface area contributed by atoms with Gasteiger partial charge in [-0.25, -0.2) is 0 Å². The van der Waals surface area contributed by atoms with Gasteiger partial charge in [0.2, 0.25) is 5.91 Å². The number of hydrogen-bond donors (Lipinski definition) is 1. The first kappa shape index (κ1) is 14.0. The van der Waals surface area contributed by atoms with Gasteiger partial charge in [-0.3, -0.25) is 9.59 Å². The fourth-order valence-corrected chi connectivity index (χ4v) is 2.59. The molecule has 0 radical (unpaired) electrons. The maximum atomic E-state index is 12.0. The van der Waals surface area contributed by atoms with Crippen LogP contribution in [0.5, 0.6) is 0 Å². The Morgan fingerprint density at radius 1 is 1.12 bits per heavy atom. The van der Waals surface area contributed by atoms with Crippen LogP contribution in [-0.2, 0) is 9.59 Å². The summed E-state index contributed by atoms with van der Waals surface area (Å²) in [4.78, 5) is 24.4. The van der Waals surface area contributed by atoms with E-state index in [1.807, 2.05) is 4.90 Å². The summed E-state index contributed by atoms with van der Waals surface area (Å²) in [7, 11) is 0. The van der Waals surface area contributed by atoms with Crippen molar-refractivity contribution in [3.63, 3.8) is 0 Å². The van der Waals surface area contributed by atoms with E-state index in [0.29, 0.717) is 31.3 Å². The molecule has 0 bridgehead atoms. The number of carboxylic acids is 1. The second-order valence-corrected chi connectivity index (χ2v) is 5.03. The predicted molar refractivity (Wildman–Crippen MR) is 65.7 cm³/mol. The number of aliphatic carboxylic acids is 1. The SMILES string of the molecule is CC1CCCC(C)N1C(=O)CCCCC(=O)O. The monoisotopic (exact) mass is 241 g/mol. The second kappa shape index (κ2) is 6.62. The molecule has 0 aliphatic carbocycles. The molecule has 98 valence electrons. The minimum Gasteiger partial charge on any atom is -0.481 e. The van der Waals surface area contributed by atoms with Crippen LogP contribution >= 0.6 is 0 Å². The molecular formula is C13H23NO3. The number of nitrogens with zero attached hydrogens (tertiary/aromatic N) is 1. The maximum Gasteiger partial charge on any atom is 0.303 e. The number of carbonyl (C=O) groups excluding carboxylic acids is 1. The fraction of sp³-hybridized carbons (Fsp3) is 0.846. The van der Waals surface area contributed by atoms with Crippen molar-refractivity contribution in [3.05, 3.63) is 0 Å². The Balaban J connectivity index is 2.32. The third-order valence-electron chi connectivity index (χ3n) is 3.51.